The lowest BCUT2D eigenvalue weighted by Gasteiger charge is -2.30. The first kappa shape index (κ1) is 38.8. The lowest BCUT2D eigenvalue weighted by atomic mass is 9.86. The van der Waals surface area contributed by atoms with Gasteiger partial charge in [-0.1, -0.05) is 103 Å². The van der Waals surface area contributed by atoms with Crippen LogP contribution in [0.5, 0.6) is 0 Å². The van der Waals surface area contributed by atoms with Gasteiger partial charge in [-0.25, -0.2) is 0 Å². The van der Waals surface area contributed by atoms with Gasteiger partial charge in [0.2, 0.25) is 0 Å². The van der Waals surface area contributed by atoms with E-state index in [1.807, 2.05) is 12.1 Å². The fraction of sp³-hybridized carbons (Fsp3) is 0.143. The first-order chi connectivity index (χ1) is 24.9. The van der Waals surface area contributed by atoms with Gasteiger partial charge in [-0.15, -0.1) is 66.5 Å². The number of aryl methyl sites for hydroxylation is 2. The van der Waals surface area contributed by atoms with Crippen LogP contribution in [-0.4, -0.2) is 12.0 Å². The lowest BCUT2D eigenvalue weighted by molar-refractivity contribution is 0.914. The average molecular weight is 840 g/mol. The number of nitrogen functional groups attached to an aromatic ring is 1. The normalized spacial score (nSPS) is 11.8. The van der Waals surface area contributed by atoms with Crippen molar-refractivity contribution in [2.75, 3.05) is 10.6 Å². The summed E-state index contributed by atoms with van der Waals surface area (Å²) < 4.78 is 0. The van der Waals surface area contributed by atoms with Crippen LogP contribution >= 0.6 is 66.5 Å². The second-order valence-electron chi connectivity index (χ2n) is 12.8. The average Bonchev–Trinajstić information content (AvgIpc) is 3.13. The van der Waals surface area contributed by atoms with Gasteiger partial charge in [0.15, 0.2) is 0 Å². The van der Waals surface area contributed by atoms with Gasteiger partial charge in [0, 0.05) is 22.6 Å². The van der Waals surface area contributed by atoms with E-state index in [0.29, 0.717) is 12.1 Å². The molecule has 10 heteroatoms. The third-order valence-corrected chi connectivity index (χ3v) is 14.3. The van der Waals surface area contributed by atoms with E-state index in [1.54, 1.807) is 0 Å². The number of nitrogens with two attached hydrogens (primary N) is 1. The lowest BCUT2D eigenvalue weighted by Crippen LogP contribution is -2.12. The summed E-state index contributed by atoms with van der Waals surface area (Å²) in [6.07, 6.45) is 3.35. The minimum atomic E-state index is -2.67. The Morgan fingerprint density at radius 3 is 1.33 bits per heavy atom. The van der Waals surface area contributed by atoms with E-state index in [1.165, 1.54) is 11.1 Å². The highest BCUT2D eigenvalue weighted by molar-refractivity contribution is 7.65. The predicted octanol–water partition coefficient (Wildman–Crippen LogP) is 14.9. The van der Waals surface area contributed by atoms with E-state index in [-0.39, 0.29) is 0 Å². The quantitative estimate of drug-likeness (QED) is 0.0673. The third-order valence-electron chi connectivity index (χ3n) is 9.01. The topological polar surface area (TPSA) is 29.3 Å². The number of nitrogens with zero attached hydrogens (tertiary/aromatic N) is 1. The van der Waals surface area contributed by atoms with E-state index in [4.69, 9.17) is 72.2 Å². The van der Waals surface area contributed by atoms with Crippen molar-refractivity contribution in [3.63, 3.8) is 0 Å². The Balaban J connectivity index is 1.53. The largest absolute Gasteiger partial charge is 0.399 e. The molecule has 6 rings (SSSR count). The van der Waals surface area contributed by atoms with Crippen molar-refractivity contribution in [2.24, 2.45) is 0 Å². The predicted molar refractivity (Wildman–Crippen MR) is 235 cm³/mol. The molecular formula is C42H38Cl6N2Si2. The zero-order valence-electron chi connectivity index (χ0n) is 28.4. The molecule has 0 aliphatic heterocycles. The van der Waals surface area contributed by atoms with Crippen molar-refractivity contribution in [2.45, 2.75) is 37.8 Å². The summed E-state index contributed by atoms with van der Waals surface area (Å²) in [4.78, 5) is 2.34. The maximum absolute atomic E-state index is 6.18. The highest BCUT2D eigenvalue weighted by Crippen LogP contribution is 2.49. The Hall–Kier alpha value is -2.91. The molecule has 266 valence electrons. The van der Waals surface area contributed by atoms with E-state index in [2.05, 4.69) is 138 Å². The number of rotatable bonds is 14. The SMILES string of the molecule is Nc1ccc(-c2ccc(N(c3ccc(CCC[Si](Cl)(Cl)Cl)cc3)c3ccc(CCC[Si](Cl)(Cl)Cl)cc3)c(-c3ccccc3)c2-c2ccccc2)cc1. The van der Waals surface area contributed by atoms with Gasteiger partial charge < -0.3 is 10.6 Å². The van der Waals surface area contributed by atoms with Gasteiger partial charge in [-0.05, 0) is 119 Å². The Bertz CT molecular complexity index is 1990. The molecular weight excluding hydrogens is 801 g/mol. The van der Waals surface area contributed by atoms with Crippen LogP contribution in [-0.2, 0) is 12.8 Å². The highest BCUT2D eigenvalue weighted by atomic mass is 35.8. The van der Waals surface area contributed by atoms with Crippen LogP contribution < -0.4 is 10.6 Å². The molecule has 0 fully saturated rings. The second-order valence-corrected chi connectivity index (χ2v) is 31.4. The summed E-state index contributed by atoms with van der Waals surface area (Å²) in [6.45, 7) is 0. The molecule has 2 N–H and O–H groups in total. The second kappa shape index (κ2) is 17.5. The summed E-state index contributed by atoms with van der Waals surface area (Å²) in [5, 5.41) is 0. The van der Waals surface area contributed by atoms with Crippen molar-refractivity contribution in [1.29, 1.82) is 0 Å². The molecule has 0 heterocycles. The molecule has 0 unspecified atom stereocenters. The van der Waals surface area contributed by atoms with Crippen LogP contribution in [0.1, 0.15) is 24.0 Å². The standard InChI is InChI=1S/C42H38Cl6N2Si2/c43-51(44,45)29-7-9-31-15-23-37(24-16-31)50(38-25-17-32(18-26-38)10-8-30-52(46,47)48)40-28-27-39(33-19-21-36(49)22-20-33)41(34-11-3-1-4-12-34)42(40)35-13-5-2-6-14-35/h1-6,11-28H,7-10,29-30,49H2. The molecule has 52 heavy (non-hydrogen) atoms. The minimum Gasteiger partial charge on any atom is -0.399 e. The van der Waals surface area contributed by atoms with E-state index in [0.717, 1.165) is 81.8 Å². The minimum absolute atomic E-state index is 0.630. The third kappa shape index (κ3) is 10.4. The maximum Gasteiger partial charge on any atom is 0.341 e. The summed E-state index contributed by atoms with van der Waals surface area (Å²) in [7, 11) is 0. The van der Waals surface area contributed by atoms with Gasteiger partial charge in [0.05, 0.1) is 5.69 Å². The van der Waals surface area contributed by atoms with Gasteiger partial charge in [0.1, 0.15) is 0 Å². The summed E-state index contributed by atoms with van der Waals surface area (Å²) in [5.41, 5.74) is 19.1. The number of anilines is 4. The smallest absolute Gasteiger partial charge is 0.341 e. The van der Waals surface area contributed by atoms with Crippen molar-refractivity contribution in [3.05, 3.63) is 157 Å². The van der Waals surface area contributed by atoms with Crippen molar-refractivity contribution in [3.8, 4) is 33.4 Å². The fourth-order valence-corrected chi connectivity index (χ4v) is 10.1. The monoisotopic (exact) mass is 836 g/mol. The van der Waals surface area contributed by atoms with Crippen LogP contribution in [0.3, 0.4) is 0 Å². The van der Waals surface area contributed by atoms with E-state index >= 15 is 0 Å². The van der Waals surface area contributed by atoms with E-state index < -0.39 is 12.0 Å². The summed E-state index contributed by atoms with van der Waals surface area (Å²) in [6, 6.07) is 47.2. The number of halogens is 6. The molecule has 0 spiro atoms. The van der Waals surface area contributed by atoms with Crippen molar-refractivity contribution in [1.82, 2.24) is 0 Å². The van der Waals surface area contributed by atoms with E-state index in [9.17, 15) is 0 Å². The molecule has 0 bridgehead atoms. The molecule has 2 nitrogen and oxygen atoms in total. The molecule has 6 aromatic carbocycles. The molecule has 0 aromatic heterocycles. The number of hydrogen-bond acceptors (Lipinski definition) is 2. The summed E-state index contributed by atoms with van der Waals surface area (Å²) in [5.74, 6) is 0. The molecule has 6 aromatic rings. The van der Waals surface area contributed by atoms with Crippen LogP contribution in [0.4, 0.5) is 22.7 Å². The Morgan fingerprint density at radius 1 is 0.442 bits per heavy atom. The molecule has 0 atom stereocenters. The van der Waals surface area contributed by atoms with Crippen molar-refractivity contribution >= 4 is 101 Å². The number of hydrogen-bond donors (Lipinski definition) is 1. The van der Waals surface area contributed by atoms with Gasteiger partial charge in [-0.2, -0.15) is 0 Å². The van der Waals surface area contributed by atoms with Crippen molar-refractivity contribution < 1.29 is 0 Å². The zero-order valence-corrected chi connectivity index (χ0v) is 34.9. The summed E-state index contributed by atoms with van der Waals surface area (Å²) >= 11 is 37.1. The van der Waals surface area contributed by atoms with Gasteiger partial charge >= 0.3 is 12.0 Å². The van der Waals surface area contributed by atoms with Gasteiger partial charge in [-0.3, -0.25) is 0 Å². The molecule has 0 aliphatic rings. The van der Waals surface area contributed by atoms with Gasteiger partial charge in [0.25, 0.3) is 0 Å². The molecule has 0 saturated carbocycles. The Morgan fingerprint density at radius 2 is 0.885 bits per heavy atom. The Kier molecular flexibility index (Phi) is 13.1. The molecule has 0 saturated heterocycles. The Labute approximate surface area is 337 Å². The number of benzene rings is 6. The van der Waals surface area contributed by atoms with Crippen LogP contribution in [0.2, 0.25) is 12.1 Å². The highest BCUT2D eigenvalue weighted by Gasteiger charge is 2.26. The fourth-order valence-electron chi connectivity index (χ4n) is 6.52. The van der Waals surface area contributed by atoms with Crippen LogP contribution in [0, 0.1) is 0 Å². The van der Waals surface area contributed by atoms with Crippen LogP contribution in [0.15, 0.2) is 146 Å². The zero-order chi connectivity index (χ0) is 36.7. The molecule has 0 amide bonds. The maximum atomic E-state index is 6.18. The first-order valence-corrected chi connectivity index (χ1v) is 27.7. The van der Waals surface area contributed by atoms with Crippen LogP contribution in [0.25, 0.3) is 33.4 Å². The molecule has 0 aliphatic carbocycles. The molecule has 0 radical (unpaired) electrons. The first-order valence-electron chi connectivity index (χ1n) is 17.2.